The van der Waals surface area contributed by atoms with E-state index in [1.807, 2.05) is 18.2 Å². The molecule has 1 aromatic heterocycles. The smallest absolute Gasteiger partial charge is 0.254 e. The Hall–Kier alpha value is -2.40. The van der Waals surface area contributed by atoms with Crippen LogP contribution in [0.15, 0.2) is 48.7 Å². The number of hydrogen-bond acceptors (Lipinski definition) is 4. The van der Waals surface area contributed by atoms with Crippen molar-refractivity contribution in [2.24, 2.45) is 0 Å². The van der Waals surface area contributed by atoms with Gasteiger partial charge < -0.3 is 15.4 Å². The topological polar surface area (TPSA) is 63.2 Å². The predicted molar refractivity (Wildman–Crippen MR) is 89.4 cm³/mol. The van der Waals surface area contributed by atoms with Gasteiger partial charge in [-0.05, 0) is 30.5 Å². The fourth-order valence-electron chi connectivity index (χ4n) is 2.86. The number of ether oxygens (including phenoxy) is 1. The molecule has 0 bridgehead atoms. The van der Waals surface area contributed by atoms with Crippen LogP contribution >= 0.6 is 0 Å². The van der Waals surface area contributed by atoms with Crippen molar-refractivity contribution in [2.75, 3.05) is 19.0 Å². The summed E-state index contributed by atoms with van der Waals surface area (Å²) in [6.07, 6.45) is 3.53. The van der Waals surface area contributed by atoms with Gasteiger partial charge in [0.25, 0.3) is 5.91 Å². The average molecular weight is 311 g/mol. The summed E-state index contributed by atoms with van der Waals surface area (Å²) in [5, 5.41) is 6.06. The van der Waals surface area contributed by atoms with Crippen LogP contribution in [0, 0.1) is 0 Å². The zero-order valence-corrected chi connectivity index (χ0v) is 13.2. The zero-order chi connectivity index (χ0) is 16.1. The summed E-state index contributed by atoms with van der Waals surface area (Å²) in [6.45, 7) is 0.694. The van der Waals surface area contributed by atoms with E-state index in [4.69, 9.17) is 4.74 Å². The van der Waals surface area contributed by atoms with Crippen LogP contribution in [-0.4, -0.2) is 30.6 Å². The molecule has 120 valence electrons. The molecule has 1 aliphatic heterocycles. The third-order valence-electron chi connectivity index (χ3n) is 4.08. The first-order valence-electron chi connectivity index (χ1n) is 7.88. The van der Waals surface area contributed by atoms with Crippen molar-refractivity contribution in [3.05, 3.63) is 59.8 Å². The van der Waals surface area contributed by atoms with Gasteiger partial charge in [0.05, 0.1) is 11.7 Å². The van der Waals surface area contributed by atoms with Gasteiger partial charge in [0.15, 0.2) is 0 Å². The van der Waals surface area contributed by atoms with Gasteiger partial charge >= 0.3 is 0 Å². The van der Waals surface area contributed by atoms with Gasteiger partial charge in [-0.25, -0.2) is 4.98 Å². The Balaban J connectivity index is 1.72. The Kier molecular flexibility index (Phi) is 4.88. The number of nitrogens with one attached hydrogen (secondary N) is 2. The largest absolute Gasteiger partial charge is 0.373 e. The predicted octanol–water partition coefficient (Wildman–Crippen LogP) is 2.77. The van der Waals surface area contributed by atoms with Crippen molar-refractivity contribution in [1.29, 1.82) is 0 Å². The van der Waals surface area contributed by atoms with E-state index in [0.29, 0.717) is 18.0 Å². The highest BCUT2D eigenvalue weighted by molar-refractivity contribution is 5.98. The third kappa shape index (κ3) is 3.68. The molecule has 2 unspecified atom stereocenters. The van der Waals surface area contributed by atoms with E-state index in [-0.39, 0.29) is 18.1 Å². The number of benzene rings is 1. The molecule has 2 N–H and O–H groups in total. The van der Waals surface area contributed by atoms with Crippen LogP contribution in [0.2, 0.25) is 0 Å². The van der Waals surface area contributed by atoms with Crippen molar-refractivity contribution in [2.45, 2.75) is 25.0 Å². The molecule has 23 heavy (non-hydrogen) atoms. The molecule has 2 atom stereocenters. The van der Waals surface area contributed by atoms with E-state index in [1.165, 1.54) is 5.56 Å². The Morgan fingerprint density at radius 3 is 2.83 bits per heavy atom. The van der Waals surface area contributed by atoms with Crippen molar-refractivity contribution in [3.63, 3.8) is 0 Å². The first-order chi connectivity index (χ1) is 11.3. The SMILES string of the molecule is CNC(=O)c1cccnc1NC1CCOC(c2ccccc2)C1. The summed E-state index contributed by atoms with van der Waals surface area (Å²) >= 11 is 0. The Morgan fingerprint density at radius 2 is 2.04 bits per heavy atom. The number of amides is 1. The van der Waals surface area contributed by atoms with Crippen LogP contribution in [0.25, 0.3) is 0 Å². The second kappa shape index (κ2) is 7.24. The lowest BCUT2D eigenvalue weighted by molar-refractivity contribution is 0.00974. The molecule has 0 saturated carbocycles. The van der Waals surface area contributed by atoms with Gasteiger partial charge in [-0.1, -0.05) is 30.3 Å². The molecular formula is C18H21N3O2. The molecule has 1 fully saturated rings. The molecule has 1 aromatic carbocycles. The number of hydrogen-bond donors (Lipinski definition) is 2. The second-order valence-electron chi connectivity index (χ2n) is 5.61. The van der Waals surface area contributed by atoms with Crippen molar-refractivity contribution < 1.29 is 9.53 Å². The van der Waals surface area contributed by atoms with Gasteiger partial charge in [0.1, 0.15) is 5.82 Å². The molecule has 2 heterocycles. The van der Waals surface area contributed by atoms with Crippen LogP contribution in [-0.2, 0) is 4.74 Å². The number of pyridine rings is 1. The van der Waals surface area contributed by atoms with Crippen molar-refractivity contribution in [1.82, 2.24) is 10.3 Å². The van der Waals surface area contributed by atoms with E-state index in [9.17, 15) is 4.79 Å². The highest BCUT2D eigenvalue weighted by Crippen LogP contribution is 2.29. The third-order valence-corrected chi connectivity index (χ3v) is 4.08. The quantitative estimate of drug-likeness (QED) is 0.911. The van der Waals surface area contributed by atoms with Gasteiger partial charge in [-0.3, -0.25) is 4.79 Å². The van der Waals surface area contributed by atoms with E-state index in [0.717, 1.165) is 12.8 Å². The molecule has 1 amide bonds. The fraction of sp³-hybridized carbons (Fsp3) is 0.333. The molecule has 1 aliphatic rings. The monoisotopic (exact) mass is 311 g/mol. The molecule has 5 heteroatoms. The number of carbonyl (C=O) groups excluding carboxylic acids is 1. The van der Waals surface area contributed by atoms with E-state index in [2.05, 4.69) is 27.8 Å². The standard InChI is InChI=1S/C18H21N3O2/c1-19-18(22)15-8-5-10-20-17(15)21-14-9-11-23-16(12-14)13-6-3-2-4-7-13/h2-8,10,14,16H,9,11-12H2,1H3,(H,19,22)(H,20,21). The summed E-state index contributed by atoms with van der Waals surface area (Å²) in [7, 11) is 1.62. The van der Waals surface area contributed by atoms with E-state index < -0.39 is 0 Å². The molecule has 2 aromatic rings. The zero-order valence-electron chi connectivity index (χ0n) is 13.2. The molecule has 3 rings (SSSR count). The molecular weight excluding hydrogens is 290 g/mol. The first-order valence-corrected chi connectivity index (χ1v) is 7.88. The Morgan fingerprint density at radius 1 is 1.22 bits per heavy atom. The van der Waals surface area contributed by atoms with Crippen molar-refractivity contribution >= 4 is 11.7 Å². The molecule has 0 spiro atoms. The van der Waals surface area contributed by atoms with Crippen molar-refractivity contribution in [3.8, 4) is 0 Å². The van der Waals surface area contributed by atoms with Crippen LogP contribution in [0.4, 0.5) is 5.82 Å². The fourth-order valence-corrected chi connectivity index (χ4v) is 2.86. The average Bonchev–Trinajstić information content (AvgIpc) is 2.62. The van der Waals surface area contributed by atoms with Crippen LogP contribution in [0.1, 0.15) is 34.9 Å². The van der Waals surface area contributed by atoms with Gasteiger partial charge in [-0.15, -0.1) is 0 Å². The molecule has 0 aliphatic carbocycles. The first kappa shape index (κ1) is 15.5. The number of carbonyl (C=O) groups is 1. The lowest BCUT2D eigenvalue weighted by atomic mass is 9.97. The number of aromatic nitrogens is 1. The summed E-state index contributed by atoms with van der Waals surface area (Å²) in [5.41, 5.74) is 1.75. The number of anilines is 1. The lowest BCUT2D eigenvalue weighted by Crippen LogP contribution is -2.31. The summed E-state index contributed by atoms with van der Waals surface area (Å²) < 4.78 is 5.89. The maximum Gasteiger partial charge on any atom is 0.254 e. The highest BCUT2D eigenvalue weighted by Gasteiger charge is 2.25. The number of nitrogens with zero attached hydrogens (tertiary/aromatic N) is 1. The minimum Gasteiger partial charge on any atom is -0.373 e. The minimum absolute atomic E-state index is 0.0783. The van der Waals surface area contributed by atoms with E-state index in [1.54, 1.807) is 25.4 Å². The Labute approximate surface area is 136 Å². The van der Waals surface area contributed by atoms with Gasteiger partial charge in [0, 0.05) is 25.9 Å². The van der Waals surface area contributed by atoms with Gasteiger partial charge in [-0.2, -0.15) is 0 Å². The van der Waals surface area contributed by atoms with Crippen LogP contribution in [0.3, 0.4) is 0 Å². The number of rotatable bonds is 4. The maximum absolute atomic E-state index is 11.9. The van der Waals surface area contributed by atoms with E-state index >= 15 is 0 Å². The van der Waals surface area contributed by atoms with Crippen LogP contribution in [0.5, 0.6) is 0 Å². The lowest BCUT2D eigenvalue weighted by Gasteiger charge is -2.31. The maximum atomic E-state index is 11.9. The van der Waals surface area contributed by atoms with Gasteiger partial charge in [0.2, 0.25) is 0 Å². The summed E-state index contributed by atoms with van der Waals surface area (Å²) in [5.74, 6) is 0.498. The molecule has 1 saturated heterocycles. The van der Waals surface area contributed by atoms with Crippen LogP contribution < -0.4 is 10.6 Å². The summed E-state index contributed by atoms with van der Waals surface area (Å²) in [4.78, 5) is 16.3. The summed E-state index contributed by atoms with van der Waals surface area (Å²) in [6, 6.07) is 14.0. The highest BCUT2D eigenvalue weighted by atomic mass is 16.5. The molecule has 5 nitrogen and oxygen atoms in total. The minimum atomic E-state index is -0.132. The second-order valence-corrected chi connectivity index (χ2v) is 5.61. The molecule has 0 radical (unpaired) electrons. The Bertz CT molecular complexity index is 660. The normalized spacial score (nSPS) is 20.7.